The fourth-order valence-corrected chi connectivity index (χ4v) is 3.87. The summed E-state index contributed by atoms with van der Waals surface area (Å²) in [6, 6.07) is 1.96. The maximum atomic E-state index is 12.6. The van der Waals surface area contributed by atoms with Crippen LogP contribution in [0.15, 0.2) is 6.07 Å². The van der Waals surface area contributed by atoms with E-state index in [0.717, 1.165) is 49.4 Å². The average molecular weight is 385 g/mol. The van der Waals surface area contributed by atoms with Crippen molar-refractivity contribution < 1.29 is 9.59 Å². The van der Waals surface area contributed by atoms with Crippen LogP contribution in [0.2, 0.25) is 0 Å². The van der Waals surface area contributed by atoms with Crippen LogP contribution in [0.5, 0.6) is 0 Å². The smallest absolute Gasteiger partial charge is 0.289 e. The topological polar surface area (TPSA) is 97.9 Å². The number of nitrogens with zero attached hydrogens (tertiary/aromatic N) is 6. The molecule has 2 aliphatic heterocycles. The maximum absolute atomic E-state index is 12.6. The second-order valence-electron chi connectivity index (χ2n) is 7.85. The lowest BCUT2D eigenvalue weighted by Crippen LogP contribution is -2.40. The fourth-order valence-electron chi connectivity index (χ4n) is 3.87. The second kappa shape index (κ2) is 7.73. The third-order valence-corrected chi connectivity index (χ3v) is 5.40. The van der Waals surface area contributed by atoms with Crippen LogP contribution in [-0.4, -0.2) is 47.8 Å². The second-order valence-corrected chi connectivity index (χ2v) is 7.85. The Balaban J connectivity index is 1.40. The number of rotatable bonds is 4. The van der Waals surface area contributed by atoms with Crippen molar-refractivity contribution in [3.05, 3.63) is 29.1 Å². The van der Waals surface area contributed by atoms with Gasteiger partial charge < -0.3 is 14.8 Å². The highest BCUT2D eigenvalue weighted by Gasteiger charge is 2.24. The van der Waals surface area contributed by atoms with Gasteiger partial charge in [-0.1, -0.05) is 20.3 Å². The first-order valence-electron chi connectivity index (χ1n) is 10.1. The summed E-state index contributed by atoms with van der Waals surface area (Å²) in [5.74, 6) is 1.22. The van der Waals surface area contributed by atoms with Crippen molar-refractivity contribution in [2.75, 3.05) is 6.54 Å². The van der Waals surface area contributed by atoms with Gasteiger partial charge in [-0.15, -0.1) is 10.2 Å². The minimum Gasteiger partial charge on any atom is -0.344 e. The molecule has 9 nitrogen and oxygen atoms in total. The molecule has 0 saturated carbocycles. The lowest BCUT2D eigenvalue weighted by Gasteiger charge is -2.29. The molecule has 0 bridgehead atoms. The molecule has 0 atom stereocenters. The van der Waals surface area contributed by atoms with Gasteiger partial charge in [0.05, 0.1) is 31.0 Å². The van der Waals surface area contributed by atoms with Crippen molar-refractivity contribution >= 4 is 11.8 Å². The quantitative estimate of drug-likeness (QED) is 0.851. The molecule has 4 rings (SSSR count). The fraction of sp³-hybridized carbons (Fsp3) is 0.632. The summed E-state index contributed by atoms with van der Waals surface area (Å²) < 4.78 is 3.87. The van der Waals surface area contributed by atoms with E-state index in [9.17, 15) is 9.59 Å². The van der Waals surface area contributed by atoms with E-state index in [0.29, 0.717) is 32.0 Å². The van der Waals surface area contributed by atoms with E-state index < -0.39 is 0 Å². The van der Waals surface area contributed by atoms with Crippen LogP contribution in [0, 0.1) is 5.92 Å². The molecule has 9 heteroatoms. The summed E-state index contributed by atoms with van der Waals surface area (Å²) in [7, 11) is 0. The molecule has 1 N–H and O–H groups in total. The van der Waals surface area contributed by atoms with E-state index in [1.54, 1.807) is 0 Å². The van der Waals surface area contributed by atoms with Gasteiger partial charge in [-0.05, 0) is 18.9 Å². The van der Waals surface area contributed by atoms with E-state index in [4.69, 9.17) is 0 Å². The van der Waals surface area contributed by atoms with E-state index >= 15 is 0 Å². The van der Waals surface area contributed by atoms with Crippen LogP contribution in [-0.2, 0) is 37.4 Å². The summed E-state index contributed by atoms with van der Waals surface area (Å²) in [5.41, 5.74) is 1.79. The van der Waals surface area contributed by atoms with Gasteiger partial charge in [0.25, 0.3) is 5.91 Å². The van der Waals surface area contributed by atoms with Crippen LogP contribution in [0.4, 0.5) is 0 Å². The average Bonchev–Trinajstić information content (AvgIpc) is 3.21. The monoisotopic (exact) mass is 385 g/mol. The largest absolute Gasteiger partial charge is 0.344 e. The first-order valence-corrected chi connectivity index (χ1v) is 10.1. The lowest BCUT2D eigenvalue weighted by atomic mass is 10.1. The molecule has 0 radical (unpaired) electrons. The Hall–Kier alpha value is -2.71. The molecule has 0 unspecified atom stereocenters. The van der Waals surface area contributed by atoms with Crippen LogP contribution < -0.4 is 5.32 Å². The third kappa shape index (κ3) is 3.65. The maximum Gasteiger partial charge on any atom is 0.289 e. The number of hydrogen-bond donors (Lipinski definition) is 1. The van der Waals surface area contributed by atoms with Gasteiger partial charge in [-0.25, -0.2) is 0 Å². The lowest BCUT2D eigenvalue weighted by molar-refractivity contribution is -0.136. The van der Waals surface area contributed by atoms with Gasteiger partial charge in [0.15, 0.2) is 0 Å². The Kier molecular flexibility index (Phi) is 5.15. The number of carbonyl (C=O) groups excluding carboxylic acids is 2. The molecule has 0 aliphatic carbocycles. The zero-order valence-electron chi connectivity index (χ0n) is 16.5. The van der Waals surface area contributed by atoms with Gasteiger partial charge in [-0.3, -0.25) is 14.3 Å². The summed E-state index contributed by atoms with van der Waals surface area (Å²) in [4.78, 5) is 26.7. The molecule has 28 heavy (non-hydrogen) atoms. The zero-order chi connectivity index (χ0) is 19.7. The predicted octanol–water partition coefficient (Wildman–Crippen LogP) is 1.13. The van der Waals surface area contributed by atoms with Gasteiger partial charge >= 0.3 is 0 Å². The van der Waals surface area contributed by atoms with Crippen molar-refractivity contribution in [1.82, 2.24) is 34.8 Å². The SMILES string of the molecule is CC(C)C(=O)N1CCn2nc(CNC(=O)c3nnc4n3CCCCC4)cc2C1. The highest BCUT2D eigenvalue weighted by atomic mass is 16.2. The summed E-state index contributed by atoms with van der Waals surface area (Å²) in [6.07, 6.45) is 4.17. The third-order valence-electron chi connectivity index (χ3n) is 5.40. The molecule has 2 aromatic heterocycles. The highest BCUT2D eigenvalue weighted by molar-refractivity contribution is 5.90. The van der Waals surface area contributed by atoms with Crippen LogP contribution in [0.3, 0.4) is 0 Å². The van der Waals surface area contributed by atoms with E-state index in [1.165, 1.54) is 0 Å². The van der Waals surface area contributed by atoms with E-state index in [1.807, 2.05) is 34.1 Å². The van der Waals surface area contributed by atoms with E-state index in [2.05, 4.69) is 20.6 Å². The standard InChI is InChI=1S/C19H27N7O2/c1-13(2)19(28)24-8-9-26-15(12-24)10-14(23-26)11-20-18(27)17-22-21-16-6-4-3-5-7-25(16)17/h10,13H,3-9,11-12H2,1-2H3,(H,20,27). The van der Waals surface area contributed by atoms with Crippen LogP contribution in [0.25, 0.3) is 0 Å². The molecule has 2 amide bonds. The molecular formula is C19H27N7O2. The number of aromatic nitrogens is 5. The molecule has 0 fully saturated rings. The molecule has 4 heterocycles. The van der Waals surface area contributed by atoms with Gasteiger partial charge in [0, 0.05) is 25.4 Å². The number of nitrogens with one attached hydrogen (secondary N) is 1. The summed E-state index contributed by atoms with van der Waals surface area (Å²) in [6.45, 7) is 6.88. The Morgan fingerprint density at radius 3 is 2.82 bits per heavy atom. The minimum absolute atomic E-state index is 0.00786. The number of fused-ring (bicyclic) bond motifs is 2. The predicted molar refractivity (Wildman–Crippen MR) is 101 cm³/mol. The van der Waals surface area contributed by atoms with Crippen LogP contribution in [0.1, 0.15) is 60.9 Å². The normalized spacial score (nSPS) is 16.5. The number of amides is 2. The molecule has 0 aromatic carbocycles. The first kappa shape index (κ1) is 18.6. The van der Waals surface area contributed by atoms with Crippen molar-refractivity contribution in [2.45, 2.75) is 65.7 Å². The molecule has 0 spiro atoms. The number of hydrogen-bond acceptors (Lipinski definition) is 5. The summed E-state index contributed by atoms with van der Waals surface area (Å²) >= 11 is 0. The Morgan fingerprint density at radius 1 is 1.14 bits per heavy atom. The minimum atomic E-state index is -0.219. The van der Waals surface area contributed by atoms with Gasteiger partial charge in [-0.2, -0.15) is 5.10 Å². The zero-order valence-corrected chi connectivity index (χ0v) is 16.5. The first-order chi connectivity index (χ1) is 13.5. The van der Waals surface area contributed by atoms with Crippen molar-refractivity contribution in [3.63, 3.8) is 0 Å². The molecule has 0 saturated heterocycles. The van der Waals surface area contributed by atoms with E-state index in [-0.39, 0.29) is 17.7 Å². The van der Waals surface area contributed by atoms with Crippen LogP contribution >= 0.6 is 0 Å². The number of aryl methyl sites for hydroxylation is 1. The Labute approximate surface area is 164 Å². The van der Waals surface area contributed by atoms with Gasteiger partial charge in [0.2, 0.25) is 11.7 Å². The molecule has 2 aromatic rings. The van der Waals surface area contributed by atoms with Crippen molar-refractivity contribution in [2.24, 2.45) is 5.92 Å². The Morgan fingerprint density at radius 2 is 2.00 bits per heavy atom. The van der Waals surface area contributed by atoms with Crippen molar-refractivity contribution in [1.29, 1.82) is 0 Å². The van der Waals surface area contributed by atoms with Crippen molar-refractivity contribution in [3.8, 4) is 0 Å². The summed E-state index contributed by atoms with van der Waals surface area (Å²) in [5, 5.41) is 15.8. The molecular weight excluding hydrogens is 358 g/mol. The molecule has 2 aliphatic rings. The van der Waals surface area contributed by atoms with Gasteiger partial charge in [0.1, 0.15) is 5.82 Å². The molecule has 150 valence electrons. The number of carbonyl (C=O) groups is 2. The Bertz CT molecular complexity index is 883. The highest BCUT2D eigenvalue weighted by Crippen LogP contribution is 2.17.